The van der Waals surface area contributed by atoms with Gasteiger partial charge in [-0.15, -0.1) is 0 Å². The molecule has 0 spiro atoms. The minimum Gasteiger partial charge on any atom is -0.466 e. The monoisotopic (exact) mass is 229 g/mol. The van der Waals surface area contributed by atoms with Crippen molar-refractivity contribution < 1.29 is 9.53 Å². The number of aromatic nitrogens is 2. The molecular formula is C12H11N3O2. The SMILES string of the molecule is CCOC(=O)Cc1cn2ccc(C#N)cc2n1. The molecule has 0 saturated carbocycles. The lowest BCUT2D eigenvalue weighted by Gasteiger charge is -1.97. The molecule has 2 aromatic rings. The van der Waals surface area contributed by atoms with Crippen LogP contribution in [0.25, 0.3) is 5.65 Å². The van der Waals surface area contributed by atoms with Crippen molar-refractivity contribution in [2.45, 2.75) is 13.3 Å². The maximum absolute atomic E-state index is 11.3. The predicted octanol–water partition coefficient (Wildman–Crippen LogP) is 1.31. The van der Waals surface area contributed by atoms with Gasteiger partial charge in [0.15, 0.2) is 0 Å². The van der Waals surface area contributed by atoms with E-state index < -0.39 is 0 Å². The molecule has 0 aliphatic rings. The smallest absolute Gasteiger partial charge is 0.311 e. The molecule has 17 heavy (non-hydrogen) atoms. The van der Waals surface area contributed by atoms with E-state index >= 15 is 0 Å². The van der Waals surface area contributed by atoms with E-state index in [0.29, 0.717) is 23.5 Å². The number of nitriles is 1. The standard InChI is InChI=1S/C12H11N3O2/c1-2-17-12(16)6-10-8-15-4-3-9(7-13)5-11(15)14-10/h3-5,8H,2,6H2,1H3. The molecule has 2 aromatic heterocycles. The Hall–Kier alpha value is -2.35. The van der Waals surface area contributed by atoms with Gasteiger partial charge in [0.05, 0.1) is 30.4 Å². The van der Waals surface area contributed by atoms with Gasteiger partial charge >= 0.3 is 5.97 Å². The Morgan fingerprint density at radius 3 is 3.18 bits per heavy atom. The summed E-state index contributed by atoms with van der Waals surface area (Å²) in [6.07, 6.45) is 3.65. The van der Waals surface area contributed by atoms with E-state index in [1.165, 1.54) is 0 Å². The molecule has 5 nitrogen and oxygen atoms in total. The van der Waals surface area contributed by atoms with E-state index in [4.69, 9.17) is 10.00 Å². The first-order valence-electron chi connectivity index (χ1n) is 5.26. The van der Waals surface area contributed by atoms with E-state index in [-0.39, 0.29) is 12.4 Å². The van der Waals surface area contributed by atoms with Gasteiger partial charge in [-0.3, -0.25) is 4.79 Å². The fourth-order valence-corrected chi connectivity index (χ4v) is 1.55. The molecule has 86 valence electrons. The number of pyridine rings is 1. The summed E-state index contributed by atoms with van der Waals surface area (Å²) < 4.78 is 6.62. The molecule has 0 bridgehead atoms. The van der Waals surface area contributed by atoms with Crippen molar-refractivity contribution in [1.82, 2.24) is 9.38 Å². The molecule has 0 fully saturated rings. The molecule has 2 heterocycles. The summed E-state index contributed by atoms with van der Waals surface area (Å²) in [5, 5.41) is 8.76. The first kappa shape index (κ1) is 11.1. The number of nitrogens with zero attached hydrogens (tertiary/aromatic N) is 3. The van der Waals surface area contributed by atoms with Gasteiger partial charge in [-0.1, -0.05) is 0 Å². The Kier molecular flexibility index (Phi) is 3.06. The van der Waals surface area contributed by atoms with Gasteiger partial charge in [0.2, 0.25) is 0 Å². The number of fused-ring (bicyclic) bond motifs is 1. The van der Waals surface area contributed by atoms with E-state index in [0.717, 1.165) is 0 Å². The van der Waals surface area contributed by atoms with Crippen LogP contribution in [0.15, 0.2) is 24.5 Å². The highest BCUT2D eigenvalue weighted by atomic mass is 16.5. The van der Waals surface area contributed by atoms with E-state index in [9.17, 15) is 4.79 Å². The second-order valence-corrected chi connectivity index (χ2v) is 3.51. The van der Waals surface area contributed by atoms with Gasteiger partial charge in [0, 0.05) is 12.4 Å². The molecule has 0 amide bonds. The van der Waals surface area contributed by atoms with E-state index in [2.05, 4.69) is 4.98 Å². The fraction of sp³-hybridized carbons (Fsp3) is 0.250. The van der Waals surface area contributed by atoms with Crippen LogP contribution in [-0.4, -0.2) is 22.0 Å². The van der Waals surface area contributed by atoms with Crippen LogP contribution in [0.4, 0.5) is 0 Å². The Bertz CT molecular complexity index is 595. The minimum atomic E-state index is -0.295. The van der Waals surface area contributed by atoms with Crippen LogP contribution >= 0.6 is 0 Å². The molecule has 0 N–H and O–H groups in total. The second kappa shape index (κ2) is 4.66. The van der Waals surface area contributed by atoms with Gasteiger partial charge in [0.1, 0.15) is 5.65 Å². The first-order chi connectivity index (χ1) is 8.22. The number of hydrogen-bond donors (Lipinski definition) is 0. The van der Waals surface area contributed by atoms with Crippen molar-refractivity contribution in [3.63, 3.8) is 0 Å². The van der Waals surface area contributed by atoms with Crippen molar-refractivity contribution in [3.8, 4) is 6.07 Å². The lowest BCUT2D eigenvalue weighted by Crippen LogP contribution is -2.07. The van der Waals surface area contributed by atoms with Crippen LogP contribution in [0, 0.1) is 11.3 Å². The molecule has 0 radical (unpaired) electrons. The summed E-state index contributed by atoms with van der Waals surface area (Å²) in [6.45, 7) is 2.13. The lowest BCUT2D eigenvalue weighted by atomic mass is 10.3. The second-order valence-electron chi connectivity index (χ2n) is 3.51. The fourth-order valence-electron chi connectivity index (χ4n) is 1.55. The van der Waals surface area contributed by atoms with E-state index in [1.54, 1.807) is 35.9 Å². The Labute approximate surface area is 98.3 Å². The lowest BCUT2D eigenvalue weighted by molar-refractivity contribution is -0.142. The topological polar surface area (TPSA) is 67.4 Å². The first-order valence-corrected chi connectivity index (χ1v) is 5.26. The van der Waals surface area contributed by atoms with Crippen LogP contribution in [0.3, 0.4) is 0 Å². The highest BCUT2D eigenvalue weighted by Crippen LogP contribution is 2.08. The summed E-state index contributed by atoms with van der Waals surface area (Å²) in [7, 11) is 0. The molecular weight excluding hydrogens is 218 g/mol. The molecule has 0 aliphatic heterocycles. The number of imidazole rings is 1. The average molecular weight is 229 g/mol. The van der Waals surface area contributed by atoms with Crippen molar-refractivity contribution in [2.24, 2.45) is 0 Å². The molecule has 2 rings (SSSR count). The van der Waals surface area contributed by atoms with Gasteiger partial charge < -0.3 is 9.14 Å². The Morgan fingerprint density at radius 1 is 1.65 bits per heavy atom. The van der Waals surface area contributed by atoms with Crippen molar-refractivity contribution >= 4 is 11.6 Å². The zero-order chi connectivity index (χ0) is 12.3. The minimum absolute atomic E-state index is 0.150. The quantitative estimate of drug-likeness (QED) is 0.744. The normalized spacial score (nSPS) is 10.1. The maximum Gasteiger partial charge on any atom is 0.311 e. The van der Waals surface area contributed by atoms with Crippen molar-refractivity contribution in [3.05, 3.63) is 35.8 Å². The van der Waals surface area contributed by atoms with Gasteiger partial charge in [-0.05, 0) is 19.1 Å². The third-order valence-corrected chi connectivity index (χ3v) is 2.27. The summed E-state index contributed by atoms with van der Waals surface area (Å²) in [5.74, 6) is -0.295. The highest BCUT2D eigenvalue weighted by molar-refractivity contribution is 5.72. The molecule has 0 saturated heterocycles. The molecule has 0 atom stereocenters. The number of rotatable bonds is 3. The van der Waals surface area contributed by atoms with Gasteiger partial charge in [0.25, 0.3) is 0 Å². The predicted molar refractivity (Wildman–Crippen MR) is 60.2 cm³/mol. The average Bonchev–Trinajstić information content (AvgIpc) is 2.69. The van der Waals surface area contributed by atoms with Gasteiger partial charge in [-0.2, -0.15) is 5.26 Å². The zero-order valence-electron chi connectivity index (χ0n) is 9.38. The summed E-state index contributed by atoms with van der Waals surface area (Å²) in [5.41, 5.74) is 1.84. The summed E-state index contributed by atoms with van der Waals surface area (Å²) in [4.78, 5) is 15.5. The number of esters is 1. The zero-order valence-corrected chi connectivity index (χ0v) is 9.38. The molecule has 0 aliphatic carbocycles. The van der Waals surface area contributed by atoms with Crippen molar-refractivity contribution in [2.75, 3.05) is 6.61 Å². The summed E-state index contributed by atoms with van der Waals surface area (Å²) >= 11 is 0. The molecule has 0 unspecified atom stereocenters. The number of carbonyl (C=O) groups is 1. The number of hydrogen-bond acceptors (Lipinski definition) is 4. The number of carbonyl (C=O) groups excluding carboxylic acids is 1. The van der Waals surface area contributed by atoms with Crippen LogP contribution in [0.1, 0.15) is 18.2 Å². The molecule has 0 aromatic carbocycles. The van der Waals surface area contributed by atoms with Gasteiger partial charge in [-0.25, -0.2) is 4.98 Å². The largest absolute Gasteiger partial charge is 0.466 e. The molecule has 5 heteroatoms. The van der Waals surface area contributed by atoms with Crippen molar-refractivity contribution in [1.29, 1.82) is 5.26 Å². The van der Waals surface area contributed by atoms with Crippen LogP contribution < -0.4 is 0 Å². The van der Waals surface area contributed by atoms with Crippen LogP contribution in [-0.2, 0) is 16.0 Å². The third kappa shape index (κ3) is 2.42. The number of ether oxygens (including phenoxy) is 1. The van der Waals surface area contributed by atoms with E-state index in [1.807, 2.05) is 6.07 Å². The van der Waals surface area contributed by atoms with Crippen LogP contribution in [0.2, 0.25) is 0 Å². The highest BCUT2D eigenvalue weighted by Gasteiger charge is 2.08. The maximum atomic E-state index is 11.3. The Morgan fingerprint density at radius 2 is 2.47 bits per heavy atom. The van der Waals surface area contributed by atoms with Crippen LogP contribution in [0.5, 0.6) is 0 Å². The Balaban J connectivity index is 2.26. The summed E-state index contributed by atoms with van der Waals surface area (Å²) in [6, 6.07) is 5.42. The third-order valence-electron chi connectivity index (χ3n) is 2.27.